The van der Waals surface area contributed by atoms with Crippen molar-refractivity contribution in [2.45, 2.75) is 58.5 Å². The highest BCUT2D eigenvalue weighted by atomic mass is 16.7. The maximum atomic E-state index is 5.68. The Morgan fingerprint density at radius 2 is 1.91 bits per heavy atom. The molecule has 0 aromatic heterocycles. The van der Waals surface area contributed by atoms with Crippen LogP contribution in [-0.4, -0.2) is 18.0 Å². The highest BCUT2D eigenvalue weighted by Crippen LogP contribution is 2.29. The Labute approximate surface area is 68.9 Å². The molecule has 1 heterocycles. The Morgan fingerprint density at radius 3 is 2.27 bits per heavy atom. The summed E-state index contributed by atoms with van der Waals surface area (Å²) in [4.78, 5) is 0. The van der Waals surface area contributed by atoms with Crippen LogP contribution in [0.5, 0.6) is 0 Å². The van der Waals surface area contributed by atoms with E-state index in [2.05, 4.69) is 13.8 Å². The highest BCUT2D eigenvalue weighted by molar-refractivity contribution is 4.77. The maximum Gasteiger partial charge on any atom is 0.163 e. The summed E-state index contributed by atoms with van der Waals surface area (Å²) in [5.41, 5.74) is 0. The fourth-order valence-electron chi connectivity index (χ4n) is 1.59. The lowest BCUT2D eigenvalue weighted by Gasteiger charge is -2.16. The molecule has 1 fully saturated rings. The minimum Gasteiger partial charge on any atom is -0.345 e. The van der Waals surface area contributed by atoms with Crippen molar-refractivity contribution in [1.82, 2.24) is 0 Å². The lowest BCUT2D eigenvalue weighted by atomic mass is 10.1. The molecule has 1 saturated heterocycles. The molecular weight excluding hydrogens is 140 g/mol. The zero-order chi connectivity index (χ0) is 8.48. The van der Waals surface area contributed by atoms with Crippen molar-refractivity contribution in [1.29, 1.82) is 0 Å². The molecule has 0 bridgehead atoms. The quantitative estimate of drug-likeness (QED) is 0.614. The number of ether oxygens (including phenoxy) is 2. The van der Waals surface area contributed by atoms with Gasteiger partial charge in [-0.3, -0.25) is 0 Å². The van der Waals surface area contributed by atoms with Crippen LogP contribution in [-0.2, 0) is 9.47 Å². The molecule has 1 aliphatic rings. The predicted molar refractivity (Wildman–Crippen MR) is 44.4 cm³/mol. The minimum atomic E-state index is -0.362. The SMILES string of the molecule is CCCC1OC(C)(C)OC1C. The van der Waals surface area contributed by atoms with Crippen LogP contribution >= 0.6 is 0 Å². The topological polar surface area (TPSA) is 18.5 Å². The molecule has 2 nitrogen and oxygen atoms in total. The largest absolute Gasteiger partial charge is 0.345 e. The molecule has 1 aliphatic heterocycles. The zero-order valence-electron chi connectivity index (χ0n) is 7.89. The first-order valence-electron chi connectivity index (χ1n) is 4.41. The number of rotatable bonds is 2. The smallest absolute Gasteiger partial charge is 0.163 e. The van der Waals surface area contributed by atoms with E-state index in [1.165, 1.54) is 0 Å². The highest BCUT2D eigenvalue weighted by Gasteiger charge is 2.37. The van der Waals surface area contributed by atoms with Crippen LogP contribution in [0.2, 0.25) is 0 Å². The lowest BCUT2D eigenvalue weighted by molar-refractivity contribution is -0.145. The van der Waals surface area contributed by atoms with E-state index in [9.17, 15) is 0 Å². The number of hydrogen-bond donors (Lipinski definition) is 0. The summed E-state index contributed by atoms with van der Waals surface area (Å²) in [5.74, 6) is -0.362. The normalized spacial score (nSPS) is 36.0. The third kappa shape index (κ3) is 2.17. The summed E-state index contributed by atoms with van der Waals surface area (Å²) in [7, 11) is 0. The minimum absolute atomic E-state index is 0.255. The second-order valence-electron chi connectivity index (χ2n) is 3.67. The van der Waals surface area contributed by atoms with Gasteiger partial charge in [0, 0.05) is 0 Å². The Balaban J connectivity index is 2.45. The molecule has 1 rings (SSSR count). The van der Waals surface area contributed by atoms with Crippen LogP contribution in [0, 0.1) is 0 Å². The van der Waals surface area contributed by atoms with Crippen molar-refractivity contribution in [2.24, 2.45) is 0 Å². The van der Waals surface area contributed by atoms with E-state index < -0.39 is 0 Å². The Hall–Kier alpha value is -0.0800. The Bertz CT molecular complexity index is 132. The van der Waals surface area contributed by atoms with E-state index in [4.69, 9.17) is 9.47 Å². The molecule has 0 N–H and O–H groups in total. The second-order valence-corrected chi connectivity index (χ2v) is 3.67. The fourth-order valence-corrected chi connectivity index (χ4v) is 1.59. The van der Waals surface area contributed by atoms with Crippen LogP contribution in [0.1, 0.15) is 40.5 Å². The summed E-state index contributed by atoms with van der Waals surface area (Å²) < 4.78 is 11.3. The van der Waals surface area contributed by atoms with Crippen molar-refractivity contribution in [3.8, 4) is 0 Å². The maximum absolute atomic E-state index is 5.68. The molecule has 11 heavy (non-hydrogen) atoms. The molecule has 0 aliphatic carbocycles. The zero-order valence-corrected chi connectivity index (χ0v) is 7.89. The first-order valence-corrected chi connectivity index (χ1v) is 4.41. The van der Waals surface area contributed by atoms with E-state index in [0.29, 0.717) is 6.10 Å². The third-order valence-corrected chi connectivity index (χ3v) is 2.00. The average Bonchev–Trinajstić information content (AvgIpc) is 2.07. The summed E-state index contributed by atoms with van der Waals surface area (Å²) in [6.45, 7) is 8.19. The van der Waals surface area contributed by atoms with Crippen molar-refractivity contribution >= 4 is 0 Å². The molecule has 0 radical (unpaired) electrons. The lowest BCUT2D eigenvalue weighted by Crippen LogP contribution is -2.21. The van der Waals surface area contributed by atoms with Crippen LogP contribution in [0.25, 0.3) is 0 Å². The van der Waals surface area contributed by atoms with Crippen LogP contribution in [0.15, 0.2) is 0 Å². The van der Waals surface area contributed by atoms with E-state index in [0.717, 1.165) is 12.8 Å². The van der Waals surface area contributed by atoms with E-state index in [1.54, 1.807) is 0 Å². The van der Waals surface area contributed by atoms with Crippen molar-refractivity contribution < 1.29 is 9.47 Å². The predicted octanol–water partition coefficient (Wildman–Crippen LogP) is 2.33. The summed E-state index contributed by atoms with van der Waals surface area (Å²) in [6.07, 6.45) is 2.82. The van der Waals surface area contributed by atoms with Gasteiger partial charge in [0.1, 0.15) is 0 Å². The molecular formula is C9H18O2. The monoisotopic (exact) mass is 158 g/mol. The van der Waals surface area contributed by atoms with Gasteiger partial charge in [-0.25, -0.2) is 0 Å². The standard InChI is InChI=1S/C9H18O2/c1-5-6-8-7(2)10-9(3,4)11-8/h7-8H,5-6H2,1-4H3. The van der Waals surface area contributed by atoms with Gasteiger partial charge < -0.3 is 9.47 Å². The molecule has 0 spiro atoms. The molecule has 0 amide bonds. The molecule has 66 valence electrons. The average molecular weight is 158 g/mol. The number of hydrogen-bond acceptors (Lipinski definition) is 2. The van der Waals surface area contributed by atoms with Gasteiger partial charge in [-0.05, 0) is 27.2 Å². The van der Waals surface area contributed by atoms with Gasteiger partial charge in [0.25, 0.3) is 0 Å². The molecule has 0 saturated carbocycles. The van der Waals surface area contributed by atoms with Gasteiger partial charge in [0.05, 0.1) is 12.2 Å². The van der Waals surface area contributed by atoms with E-state index in [1.807, 2.05) is 13.8 Å². The Morgan fingerprint density at radius 1 is 1.27 bits per heavy atom. The van der Waals surface area contributed by atoms with Crippen LogP contribution in [0.4, 0.5) is 0 Å². The summed E-state index contributed by atoms with van der Waals surface area (Å²) in [6, 6.07) is 0. The third-order valence-electron chi connectivity index (χ3n) is 2.00. The van der Waals surface area contributed by atoms with Crippen molar-refractivity contribution in [3.63, 3.8) is 0 Å². The molecule has 2 unspecified atom stereocenters. The van der Waals surface area contributed by atoms with Crippen LogP contribution < -0.4 is 0 Å². The van der Waals surface area contributed by atoms with Crippen LogP contribution in [0.3, 0.4) is 0 Å². The van der Waals surface area contributed by atoms with Gasteiger partial charge >= 0.3 is 0 Å². The van der Waals surface area contributed by atoms with Crippen molar-refractivity contribution in [2.75, 3.05) is 0 Å². The van der Waals surface area contributed by atoms with Gasteiger partial charge in [-0.1, -0.05) is 13.3 Å². The fraction of sp³-hybridized carbons (Fsp3) is 1.00. The van der Waals surface area contributed by atoms with E-state index in [-0.39, 0.29) is 11.9 Å². The first-order chi connectivity index (χ1) is 5.05. The summed E-state index contributed by atoms with van der Waals surface area (Å²) >= 11 is 0. The molecule has 2 atom stereocenters. The summed E-state index contributed by atoms with van der Waals surface area (Å²) in [5, 5.41) is 0. The van der Waals surface area contributed by atoms with Crippen molar-refractivity contribution in [3.05, 3.63) is 0 Å². The van der Waals surface area contributed by atoms with Gasteiger partial charge in [0.15, 0.2) is 5.79 Å². The Kier molecular flexibility index (Phi) is 2.55. The van der Waals surface area contributed by atoms with Gasteiger partial charge in [-0.15, -0.1) is 0 Å². The first kappa shape index (κ1) is 9.01. The second kappa shape index (κ2) is 3.11. The molecule has 0 aromatic rings. The molecule has 2 heteroatoms. The van der Waals surface area contributed by atoms with Gasteiger partial charge in [0.2, 0.25) is 0 Å². The van der Waals surface area contributed by atoms with E-state index >= 15 is 0 Å². The molecule has 0 aromatic carbocycles. The van der Waals surface area contributed by atoms with Gasteiger partial charge in [-0.2, -0.15) is 0 Å².